The average molecular weight is 465 g/mol. The van der Waals surface area contributed by atoms with Crippen molar-refractivity contribution in [2.24, 2.45) is 5.16 Å². The van der Waals surface area contributed by atoms with E-state index in [2.05, 4.69) is 20.4 Å². The molecule has 3 heterocycles. The Balaban J connectivity index is 1.30. The Bertz CT molecular complexity index is 1280. The normalized spacial score (nSPS) is 15.3. The van der Waals surface area contributed by atoms with Crippen LogP contribution in [0, 0.1) is 0 Å². The third kappa shape index (κ3) is 4.80. The summed E-state index contributed by atoms with van der Waals surface area (Å²) in [5.74, 6) is 0. The van der Waals surface area contributed by atoms with Crippen molar-refractivity contribution in [2.75, 3.05) is 44.8 Å². The maximum Gasteiger partial charge on any atom is 0.230 e. The molecular formula is C25H25ClN4O3. The van der Waals surface area contributed by atoms with Crippen LogP contribution in [-0.2, 0) is 9.57 Å². The lowest BCUT2D eigenvalue weighted by Crippen LogP contribution is -2.38. The Morgan fingerprint density at radius 1 is 1.15 bits per heavy atom. The van der Waals surface area contributed by atoms with E-state index in [1.807, 2.05) is 55.5 Å². The molecule has 1 N–H and O–H groups in total. The zero-order chi connectivity index (χ0) is 22.6. The number of fused-ring (bicyclic) bond motifs is 2. The number of furan rings is 1. The number of hydrogen-bond acceptors (Lipinski definition) is 7. The predicted molar refractivity (Wildman–Crippen MR) is 132 cm³/mol. The van der Waals surface area contributed by atoms with Gasteiger partial charge < -0.3 is 19.3 Å². The molecule has 8 heteroatoms. The number of ether oxygens (including phenoxy) is 1. The molecule has 0 amide bonds. The number of benzene rings is 2. The number of oxime groups is 1. The molecule has 7 nitrogen and oxygen atoms in total. The molecular weight excluding hydrogens is 440 g/mol. The molecule has 0 saturated carbocycles. The van der Waals surface area contributed by atoms with Crippen LogP contribution in [0.2, 0.25) is 5.02 Å². The van der Waals surface area contributed by atoms with E-state index in [0.717, 1.165) is 71.8 Å². The van der Waals surface area contributed by atoms with Gasteiger partial charge in [-0.3, -0.25) is 4.90 Å². The van der Waals surface area contributed by atoms with Crippen molar-refractivity contribution in [3.8, 4) is 0 Å². The lowest BCUT2D eigenvalue weighted by molar-refractivity contribution is 0.0212. The zero-order valence-corrected chi connectivity index (χ0v) is 19.1. The van der Waals surface area contributed by atoms with Gasteiger partial charge in [-0.15, -0.1) is 0 Å². The highest BCUT2D eigenvalue weighted by Crippen LogP contribution is 2.38. The second kappa shape index (κ2) is 9.79. The van der Waals surface area contributed by atoms with Crippen LogP contribution in [0.4, 0.5) is 11.4 Å². The number of rotatable bonds is 7. The number of aromatic nitrogens is 1. The first-order chi connectivity index (χ1) is 16.2. The molecule has 0 radical (unpaired) electrons. The fraction of sp³-hybridized carbons (Fsp3) is 0.280. The van der Waals surface area contributed by atoms with E-state index in [1.165, 1.54) is 6.26 Å². The van der Waals surface area contributed by atoms with Gasteiger partial charge in [0.1, 0.15) is 12.9 Å². The quantitative estimate of drug-likeness (QED) is 0.223. The smallest absolute Gasteiger partial charge is 0.230 e. The number of halogens is 1. The molecule has 1 aliphatic heterocycles. The molecule has 4 aromatic rings. The van der Waals surface area contributed by atoms with Gasteiger partial charge in [-0.25, -0.2) is 4.98 Å². The minimum atomic E-state index is 0.509. The van der Waals surface area contributed by atoms with E-state index in [0.29, 0.717) is 17.3 Å². The summed E-state index contributed by atoms with van der Waals surface area (Å²) in [6, 6.07) is 16.0. The lowest BCUT2D eigenvalue weighted by Gasteiger charge is -2.25. The summed E-state index contributed by atoms with van der Waals surface area (Å²) < 4.78 is 10.9. The Morgan fingerprint density at radius 2 is 1.94 bits per heavy atom. The average Bonchev–Trinajstić information content (AvgIpc) is 3.23. The fourth-order valence-electron chi connectivity index (χ4n) is 3.92. The first-order valence-corrected chi connectivity index (χ1v) is 11.4. The van der Waals surface area contributed by atoms with Gasteiger partial charge in [-0.1, -0.05) is 47.1 Å². The molecule has 2 aromatic carbocycles. The molecule has 1 aliphatic rings. The number of nitrogens with zero attached hydrogens (tertiary/aromatic N) is 3. The molecule has 0 spiro atoms. The third-order valence-electron chi connectivity index (χ3n) is 5.75. The van der Waals surface area contributed by atoms with Gasteiger partial charge >= 0.3 is 0 Å². The van der Waals surface area contributed by atoms with Crippen LogP contribution in [0.15, 0.2) is 64.4 Å². The fourth-order valence-corrected chi connectivity index (χ4v) is 4.14. The highest BCUT2D eigenvalue weighted by Gasteiger charge is 2.15. The van der Waals surface area contributed by atoms with Crippen LogP contribution in [0.25, 0.3) is 22.0 Å². The van der Waals surface area contributed by atoms with E-state index in [-0.39, 0.29) is 0 Å². The van der Waals surface area contributed by atoms with Crippen molar-refractivity contribution in [2.45, 2.75) is 6.92 Å². The minimum Gasteiger partial charge on any atom is -0.444 e. The Labute approximate surface area is 196 Å². The van der Waals surface area contributed by atoms with Crippen LogP contribution in [0.5, 0.6) is 0 Å². The number of nitrogens with one attached hydrogen (secondary N) is 1. The van der Waals surface area contributed by atoms with Crippen molar-refractivity contribution in [1.29, 1.82) is 0 Å². The minimum absolute atomic E-state index is 0.509. The van der Waals surface area contributed by atoms with Gasteiger partial charge in [0.2, 0.25) is 5.71 Å². The summed E-state index contributed by atoms with van der Waals surface area (Å²) in [4.78, 5) is 12.4. The molecule has 1 fully saturated rings. The monoisotopic (exact) mass is 464 g/mol. The van der Waals surface area contributed by atoms with Gasteiger partial charge in [0, 0.05) is 30.7 Å². The number of morpholine rings is 1. The van der Waals surface area contributed by atoms with E-state index in [1.54, 1.807) is 0 Å². The molecule has 5 rings (SSSR count). The standard InChI is InChI=1S/C25H25ClN4O3/c1-17(29-33-15-12-30-10-13-31-14-11-30)18-6-8-19(9-7-18)27-24-20-4-2-3-5-22(20)28-25-23(24)21(26)16-32-25/h2-9,16H,10-15H2,1H3,(H,27,28)/b29-17+. The highest BCUT2D eigenvalue weighted by atomic mass is 35.5. The summed E-state index contributed by atoms with van der Waals surface area (Å²) in [6.07, 6.45) is 1.52. The maximum atomic E-state index is 6.41. The Morgan fingerprint density at radius 3 is 2.76 bits per heavy atom. The summed E-state index contributed by atoms with van der Waals surface area (Å²) in [6.45, 7) is 6.84. The lowest BCUT2D eigenvalue weighted by atomic mass is 10.1. The van der Waals surface area contributed by atoms with Gasteiger partial charge in [0.15, 0.2) is 0 Å². The number of hydrogen-bond donors (Lipinski definition) is 1. The van der Waals surface area contributed by atoms with Gasteiger partial charge in [-0.2, -0.15) is 0 Å². The summed E-state index contributed by atoms with van der Waals surface area (Å²) in [7, 11) is 0. The van der Waals surface area contributed by atoms with Crippen molar-refractivity contribution < 1.29 is 14.0 Å². The van der Waals surface area contributed by atoms with E-state index in [9.17, 15) is 0 Å². The van der Waals surface area contributed by atoms with E-state index < -0.39 is 0 Å². The topological polar surface area (TPSA) is 72.1 Å². The molecule has 0 aliphatic carbocycles. The van der Waals surface area contributed by atoms with Crippen molar-refractivity contribution in [3.63, 3.8) is 0 Å². The van der Waals surface area contributed by atoms with Crippen LogP contribution >= 0.6 is 11.6 Å². The first kappa shape index (κ1) is 21.7. The Hall–Kier alpha value is -3.13. The number of para-hydroxylation sites is 1. The predicted octanol–water partition coefficient (Wildman–Crippen LogP) is 5.45. The summed E-state index contributed by atoms with van der Waals surface area (Å²) in [5, 5.41) is 10.1. The van der Waals surface area contributed by atoms with Gasteiger partial charge in [-0.05, 0) is 30.7 Å². The molecule has 2 aromatic heterocycles. The van der Waals surface area contributed by atoms with Gasteiger partial charge in [0.25, 0.3) is 0 Å². The van der Waals surface area contributed by atoms with Crippen molar-refractivity contribution in [1.82, 2.24) is 9.88 Å². The first-order valence-electron chi connectivity index (χ1n) is 11.0. The molecule has 0 atom stereocenters. The molecule has 170 valence electrons. The Kier molecular flexibility index (Phi) is 6.44. The van der Waals surface area contributed by atoms with Gasteiger partial charge in [0.05, 0.1) is 40.5 Å². The van der Waals surface area contributed by atoms with Crippen LogP contribution in [-0.4, -0.2) is 55.1 Å². The largest absolute Gasteiger partial charge is 0.444 e. The van der Waals surface area contributed by atoms with E-state index >= 15 is 0 Å². The zero-order valence-electron chi connectivity index (χ0n) is 18.4. The molecule has 1 saturated heterocycles. The van der Waals surface area contributed by atoms with Crippen LogP contribution < -0.4 is 5.32 Å². The maximum absolute atomic E-state index is 6.41. The number of anilines is 2. The van der Waals surface area contributed by atoms with Crippen molar-refractivity contribution >= 4 is 50.7 Å². The molecule has 33 heavy (non-hydrogen) atoms. The van der Waals surface area contributed by atoms with Crippen LogP contribution in [0.3, 0.4) is 0 Å². The van der Waals surface area contributed by atoms with E-state index in [4.69, 9.17) is 25.6 Å². The third-order valence-corrected chi connectivity index (χ3v) is 6.03. The second-order valence-electron chi connectivity index (χ2n) is 7.93. The number of pyridine rings is 1. The SMILES string of the molecule is C/C(=N\OCCN1CCOCC1)c1ccc(Nc2c3ccccc3nc3occ(Cl)c23)cc1. The molecule has 0 bridgehead atoms. The van der Waals surface area contributed by atoms with Crippen LogP contribution in [0.1, 0.15) is 12.5 Å². The summed E-state index contributed by atoms with van der Waals surface area (Å²) >= 11 is 6.41. The summed E-state index contributed by atoms with van der Waals surface area (Å²) in [5.41, 5.74) is 4.98. The highest BCUT2D eigenvalue weighted by molar-refractivity contribution is 6.37. The molecule has 0 unspecified atom stereocenters. The second-order valence-corrected chi connectivity index (χ2v) is 8.34. The van der Waals surface area contributed by atoms with Crippen molar-refractivity contribution in [3.05, 3.63) is 65.4 Å².